The molecule has 1 aliphatic heterocycles. The molecule has 0 spiro atoms. The standard InChI is InChI=1S/C21H27N3O4S/c1-2-28-19-8-10-20(11-9-19)29(26,27)23-18-7-5-6-17(16-18)21(25)22-12-15-24-13-3-4-14-24/h5-11,16,23H,2-4,12-15H2,1H3,(H,22,25). The molecule has 0 bridgehead atoms. The van der Waals surface area contributed by atoms with Crippen LogP contribution in [-0.4, -0.2) is 52.0 Å². The first-order chi connectivity index (χ1) is 14.0. The van der Waals surface area contributed by atoms with Crippen LogP contribution in [0.4, 0.5) is 5.69 Å². The van der Waals surface area contributed by atoms with Gasteiger partial charge in [-0.2, -0.15) is 0 Å². The van der Waals surface area contributed by atoms with E-state index in [-0.39, 0.29) is 10.8 Å². The van der Waals surface area contributed by atoms with Crippen LogP contribution in [0.15, 0.2) is 53.4 Å². The lowest BCUT2D eigenvalue weighted by Gasteiger charge is -2.15. The Morgan fingerprint density at radius 1 is 1.10 bits per heavy atom. The van der Waals surface area contributed by atoms with Crippen LogP contribution in [0.25, 0.3) is 0 Å². The van der Waals surface area contributed by atoms with Crippen molar-refractivity contribution in [2.24, 2.45) is 0 Å². The Labute approximate surface area is 172 Å². The number of nitrogens with zero attached hydrogens (tertiary/aromatic N) is 1. The molecule has 7 nitrogen and oxygen atoms in total. The smallest absolute Gasteiger partial charge is 0.261 e. The van der Waals surface area contributed by atoms with Gasteiger partial charge < -0.3 is 15.0 Å². The van der Waals surface area contributed by atoms with E-state index in [2.05, 4.69) is 14.9 Å². The molecule has 2 aromatic rings. The summed E-state index contributed by atoms with van der Waals surface area (Å²) in [5.74, 6) is 0.394. The third-order valence-corrected chi connectivity index (χ3v) is 6.13. The summed E-state index contributed by atoms with van der Waals surface area (Å²) in [5, 5.41) is 2.89. The molecule has 2 aromatic carbocycles. The van der Waals surface area contributed by atoms with E-state index in [0.717, 1.165) is 19.6 Å². The lowest BCUT2D eigenvalue weighted by Crippen LogP contribution is -2.33. The number of amides is 1. The minimum Gasteiger partial charge on any atom is -0.494 e. The number of carbonyl (C=O) groups excluding carboxylic acids is 1. The zero-order chi connectivity index (χ0) is 20.7. The topological polar surface area (TPSA) is 87.7 Å². The van der Waals surface area contributed by atoms with Gasteiger partial charge in [-0.1, -0.05) is 6.07 Å². The fourth-order valence-electron chi connectivity index (χ4n) is 3.26. The highest BCUT2D eigenvalue weighted by atomic mass is 32.2. The highest BCUT2D eigenvalue weighted by Gasteiger charge is 2.16. The number of carbonyl (C=O) groups is 1. The zero-order valence-electron chi connectivity index (χ0n) is 16.6. The van der Waals surface area contributed by atoms with Crippen molar-refractivity contribution >= 4 is 21.6 Å². The normalized spacial score (nSPS) is 14.5. The third-order valence-electron chi connectivity index (χ3n) is 4.73. The van der Waals surface area contributed by atoms with E-state index in [1.807, 2.05) is 6.92 Å². The Morgan fingerprint density at radius 2 is 1.83 bits per heavy atom. The second-order valence-electron chi connectivity index (χ2n) is 6.90. The Bertz CT molecular complexity index is 923. The number of hydrogen-bond donors (Lipinski definition) is 2. The number of nitrogens with one attached hydrogen (secondary N) is 2. The molecule has 0 aliphatic carbocycles. The van der Waals surface area contributed by atoms with Crippen LogP contribution < -0.4 is 14.8 Å². The SMILES string of the molecule is CCOc1ccc(S(=O)(=O)Nc2cccc(C(=O)NCCN3CCCC3)c2)cc1. The van der Waals surface area contributed by atoms with Crippen molar-refractivity contribution in [2.45, 2.75) is 24.7 Å². The highest BCUT2D eigenvalue weighted by Crippen LogP contribution is 2.20. The molecular formula is C21H27N3O4S. The molecule has 1 amide bonds. The molecule has 1 aliphatic rings. The summed E-state index contributed by atoms with van der Waals surface area (Å²) < 4.78 is 33.1. The fourth-order valence-corrected chi connectivity index (χ4v) is 4.31. The Hall–Kier alpha value is -2.58. The van der Waals surface area contributed by atoms with Crippen molar-refractivity contribution in [3.63, 3.8) is 0 Å². The lowest BCUT2D eigenvalue weighted by molar-refractivity contribution is 0.0949. The number of ether oxygens (including phenoxy) is 1. The van der Waals surface area contributed by atoms with Gasteiger partial charge in [0.1, 0.15) is 5.75 Å². The minimum absolute atomic E-state index is 0.126. The van der Waals surface area contributed by atoms with Crippen molar-refractivity contribution in [3.8, 4) is 5.75 Å². The maximum atomic E-state index is 12.6. The fraction of sp³-hybridized carbons (Fsp3) is 0.381. The summed E-state index contributed by atoms with van der Waals surface area (Å²) in [6.45, 7) is 5.94. The van der Waals surface area contributed by atoms with Crippen LogP contribution in [0.5, 0.6) is 5.75 Å². The van der Waals surface area contributed by atoms with Gasteiger partial charge in [-0.15, -0.1) is 0 Å². The van der Waals surface area contributed by atoms with Gasteiger partial charge in [-0.05, 0) is 75.3 Å². The molecule has 0 saturated carbocycles. The van der Waals surface area contributed by atoms with Gasteiger partial charge in [0, 0.05) is 24.3 Å². The molecule has 1 fully saturated rings. The molecule has 0 unspecified atom stereocenters. The summed E-state index contributed by atoms with van der Waals surface area (Å²) >= 11 is 0. The second kappa shape index (κ2) is 9.76. The van der Waals surface area contributed by atoms with Crippen molar-refractivity contribution in [1.82, 2.24) is 10.2 Å². The number of hydrogen-bond acceptors (Lipinski definition) is 5. The zero-order valence-corrected chi connectivity index (χ0v) is 17.4. The monoisotopic (exact) mass is 417 g/mol. The molecule has 29 heavy (non-hydrogen) atoms. The number of benzene rings is 2. The first-order valence-corrected chi connectivity index (χ1v) is 11.3. The Balaban J connectivity index is 1.61. The average Bonchev–Trinajstić information content (AvgIpc) is 3.22. The Kier molecular flexibility index (Phi) is 7.11. The number of likely N-dealkylation sites (tertiary alicyclic amines) is 1. The van der Waals surface area contributed by atoms with E-state index >= 15 is 0 Å². The minimum atomic E-state index is -3.76. The molecule has 3 rings (SSSR count). The van der Waals surface area contributed by atoms with Crippen LogP contribution in [0.2, 0.25) is 0 Å². The van der Waals surface area contributed by atoms with Crippen LogP contribution in [0, 0.1) is 0 Å². The van der Waals surface area contributed by atoms with Crippen molar-refractivity contribution in [1.29, 1.82) is 0 Å². The molecule has 2 N–H and O–H groups in total. The van der Waals surface area contributed by atoms with Gasteiger partial charge in [-0.25, -0.2) is 8.42 Å². The van der Waals surface area contributed by atoms with Gasteiger partial charge in [-0.3, -0.25) is 9.52 Å². The number of sulfonamides is 1. The van der Waals surface area contributed by atoms with Crippen LogP contribution in [0.1, 0.15) is 30.1 Å². The number of anilines is 1. The summed E-state index contributed by atoms with van der Waals surface area (Å²) in [6, 6.07) is 12.7. The Morgan fingerprint density at radius 3 is 2.52 bits per heavy atom. The maximum absolute atomic E-state index is 12.6. The van der Waals surface area contributed by atoms with Gasteiger partial charge >= 0.3 is 0 Å². The van der Waals surface area contributed by atoms with Crippen molar-refractivity contribution < 1.29 is 17.9 Å². The summed E-state index contributed by atoms with van der Waals surface area (Å²) in [6.07, 6.45) is 2.43. The molecule has 1 saturated heterocycles. The first kappa shape index (κ1) is 21.1. The maximum Gasteiger partial charge on any atom is 0.261 e. The second-order valence-corrected chi connectivity index (χ2v) is 8.58. The van der Waals surface area contributed by atoms with Crippen molar-refractivity contribution in [3.05, 3.63) is 54.1 Å². The van der Waals surface area contributed by atoms with Crippen molar-refractivity contribution in [2.75, 3.05) is 37.5 Å². The summed E-state index contributed by atoms with van der Waals surface area (Å²) in [7, 11) is -3.76. The summed E-state index contributed by atoms with van der Waals surface area (Å²) in [4.78, 5) is 14.8. The summed E-state index contributed by atoms with van der Waals surface area (Å²) in [5.41, 5.74) is 0.754. The van der Waals surface area contributed by atoms with E-state index in [1.165, 1.54) is 31.0 Å². The molecule has 0 radical (unpaired) electrons. The largest absolute Gasteiger partial charge is 0.494 e. The molecule has 1 heterocycles. The lowest BCUT2D eigenvalue weighted by atomic mass is 10.2. The van der Waals surface area contributed by atoms with E-state index in [0.29, 0.717) is 30.2 Å². The van der Waals surface area contributed by atoms with E-state index in [1.54, 1.807) is 30.3 Å². The van der Waals surface area contributed by atoms with Gasteiger partial charge in [0.15, 0.2) is 0 Å². The molecular weight excluding hydrogens is 390 g/mol. The van der Waals surface area contributed by atoms with Gasteiger partial charge in [0.25, 0.3) is 15.9 Å². The van der Waals surface area contributed by atoms with E-state index in [4.69, 9.17) is 4.74 Å². The van der Waals surface area contributed by atoms with Crippen LogP contribution in [0.3, 0.4) is 0 Å². The van der Waals surface area contributed by atoms with Crippen LogP contribution in [-0.2, 0) is 10.0 Å². The molecule has 0 atom stereocenters. The third kappa shape index (κ3) is 5.95. The average molecular weight is 418 g/mol. The quantitative estimate of drug-likeness (QED) is 0.655. The van der Waals surface area contributed by atoms with Gasteiger partial charge in [0.05, 0.1) is 11.5 Å². The molecule has 156 valence electrons. The first-order valence-electron chi connectivity index (χ1n) is 9.84. The number of rotatable bonds is 9. The molecule has 8 heteroatoms. The predicted molar refractivity (Wildman–Crippen MR) is 113 cm³/mol. The predicted octanol–water partition coefficient (Wildman–Crippen LogP) is 2.71. The molecule has 0 aromatic heterocycles. The van der Waals surface area contributed by atoms with E-state index in [9.17, 15) is 13.2 Å². The highest BCUT2D eigenvalue weighted by molar-refractivity contribution is 7.92. The van der Waals surface area contributed by atoms with Gasteiger partial charge in [0.2, 0.25) is 0 Å². The van der Waals surface area contributed by atoms with E-state index < -0.39 is 10.0 Å². The van der Waals surface area contributed by atoms with Crippen LogP contribution >= 0.6 is 0 Å².